The molecule has 0 bridgehead atoms. The van der Waals surface area contributed by atoms with E-state index in [9.17, 15) is 12.8 Å². The zero-order chi connectivity index (χ0) is 17.9. The zero-order valence-corrected chi connectivity index (χ0v) is 14.8. The summed E-state index contributed by atoms with van der Waals surface area (Å²) in [6.07, 6.45) is 1.50. The minimum atomic E-state index is -3.51. The lowest BCUT2D eigenvalue weighted by molar-refractivity contribution is -0.367. The van der Waals surface area contributed by atoms with E-state index in [4.69, 9.17) is 4.74 Å². The van der Waals surface area contributed by atoms with Gasteiger partial charge in [-0.25, -0.2) is 17.8 Å². The van der Waals surface area contributed by atoms with Gasteiger partial charge in [0.15, 0.2) is 0 Å². The van der Waals surface area contributed by atoms with E-state index < -0.39 is 10.0 Å². The highest BCUT2D eigenvalue weighted by atomic mass is 32.2. The van der Waals surface area contributed by atoms with Crippen molar-refractivity contribution in [2.75, 3.05) is 38.3 Å². The minimum absolute atomic E-state index is 0.230. The first-order chi connectivity index (χ1) is 12.0. The minimum Gasteiger partial charge on any atom is -0.379 e. The van der Waals surface area contributed by atoms with E-state index in [2.05, 4.69) is 4.98 Å². The van der Waals surface area contributed by atoms with Gasteiger partial charge in [0.1, 0.15) is 23.5 Å². The number of aromatic nitrogens is 1. The van der Waals surface area contributed by atoms with Crippen molar-refractivity contribution < 1.29 is 22.5 Å². The fraction of sp³-hybridized carbons (Fsp3) is 0.353. The number of nitrogens with one attached hydrogen (secondary N) is 1. The SMILES string of the molecule is CN(Cc1ccc(F)cc1)c1ccc(S(=O)(=O)N2CCOCC2)c[nH+]1. The monoisotopic (exact) mass is 366 g/mol. The number of sulfonamides is 1. The number of rotatable bonds is 5. The number of morpholine rings is 1. The van der Waals surface area contributed by atoms with E-state index >= 15 is 0 Å². The molecule has 1 aromatic heterocycles. The molecule has 1 aromatic carbocycles. The number of H-pyrrole nitrogens is 1. The van der Waals surface area contributed by atoms with Crippen molar-refractivity contribution in [1.29, 1.82) is 0 Å². The van der Waals surface area contributed by atoms with Crippen LogP contribution in [-0.4, -0.2) is 46.1 Å². The number of aromatic amines is 1. The van der Waals surface area contributed by atoms with E-state index in [1.165, 1.54) is 22.6 Å². The van der Waals surface area contributed by atoms with E-state index in [0.717, 1.165) is 11.4 Å². The van der Waals surface area contributed by atoms with Crippen LogP contribution in [0.1, 0.15) is 5.56 Å². The quantitative estimate of drug-likeness (QED) is 0.800. The van der Waals surface area contributed by atoms with Crippen LogP contribution in [0.3, 0.4) is 0 Å². The van der Waals surface area contributed by atoms with Gasteiger partial charge in [-0.05, 0) is 23.8 Å². The molecule has 6 nitrogen and oxygen atoms in total. The second-order valence-electron chi connectivity index (χ2n) is 5.91. The molecule has 1 fully saturated rings. The highest BCUT2D eigenvalue weighted by Crippen LogP contribution is 2.17. The lowest BCUT2D eigenvalue weighted by atomic mass is 10.2. The van der Waals surface area contributed by atoms with Gasteiger partial charge < -0.3 is 4.74 Å². The van der Waals surface area contributed by atoms with Crippen molar-refractivity contribution in [3.63, 3.8) is 0 Å². The number of halogens is 1. The molecule has 0 amide bonds. The van der Waals surface area contributed by atoms with Crippen LogP contribution in [0, 0.1) is 5.82 Å². The van der Waals surface area contributed by atoms with E-state index in [-0.39, 0.29) is 10.7 Å². The zero-order valence-electron chi connectivity index (χ0n) is 14.0. The van der Waals surface area contributed by atoms with Crippen LogP contribution in [0.15, 0.2) is 47.5 Å². The van der Waals surface area contributed by atoms with Gasteiger partial charge in [0, 0.05) is 19.2 Å². The van der Waals surface area contributed by atoms with Crippen LogP contribution in [0.25, 0.3) is 0 Å². The summed E-state index contributed by atoms with van der Waals surface area (Å²) in [7, 11) is -1.63. The van der Waals surface area contributed by atoms with Crippen molar-refractivity contribution in [3.8, 4) is 0 Å². The molecule has 0 atom stereocenters. The Bertz CT molecular complexity index is 804. The third kappa shape index (κ3) is 4.15. The fourth-order valence-electron chi connectivity index (χ4n) is 2.69. The van der Waals surface area contributed by atoms with Crippen LogP contribution in [0.4, 0.5) is 10.2 Å². The summed E-state index contributed by atoms with van der Waals surface area (Å²) in [6.45, 7) is 2.15. The molecule has 2 heterocycles. The van der Waals surface area contributed by atoms with E-state index in [1.54, 1.807) is 24.3 Å². The third-order valence-corrected chi connectivity index (χ3v) is 6.01. The summed E-state index contributed by atoms with van der Waals surface area (Å²) in [5, 5.41) is 0. The molecule has 0 radical (unpaired) electrons. The largest absolute Gasteiger partial charge is 0.379 e. The Kier molecular flexibility index (Phi) is 5.31. The van der Waals surface area contributed by atoms with Gasteiger partial charge in [0.2, 0.25) is 10.0 Å². The first kappa shape index (κ1) is 17.8. The number of nitrogens with zero attached hydrogens (tertiary/aromatic N) is 2. The van der Waals surface area contributed by atoms with E-state index in [1.807, 2.05) is 11.9 Å². The van der Waals surface area contributed by atoms with Crippen molar-refractivity contribution in [1.82, 2.24) is 4.31 Å². The Morgan fingerprint density at radius 3 is 2.44 bits per heavy atom. The van der Waals surface area contributed by atoms with Gasteiger partial charge in [-0.3, -0.25) is 4.90 Å². The molecule has 1 saturated heterocycles. The third-order valence-electron chi connectivity index (χ3n) is 4.12. The van der Waals surface area contributed by atoms with Crippen molar-refractivity contribution in [2.45, 2.75) is 11.4 Å². The van der Waals surface area contributed by atoms with Gasteiger partial charge in [-0.1, -0.05) is 12.1 Å². The number of anilines is 1. The molecular weight excluding hydrogens is 345 g/mol. The Hall–Kier alpha value is -2.03. The number of pyridine rings is 1. The highest BCUT2D eigenvalue weighted by molar-refractivity contribution is 7.89. The Morgan fingerprint density at radius 1 is 1.16 bits per heavy atom. The number of hydrogen-bond acceptors (Lipinski definition) is 4. The number of hydrogen-bond donors (Lipinski definition) is 0. The fourth-order valence-corrected chi connectivity index (χ4v) is 4.06. The normalized spacial score (nSPS) is 15.9. The molecule has 1 aliphatic heterocycles. The van der Waals surface area contributed by atoms with Crippen LogP contribution in [0.2, 0.25) is 0 Å². The maximum absolute atomic E-state index is 13.0. The number of benzene rings is 1. The molecule has 0 saturated carbocycles. The maximum atomic E-state index is 13.0. The van der Waals surface area contributed by atoms with Crippen molar-refractivity contribution in [2.24, 2.45) is 0 Å². The van der Waals surface area contributed by atoms with Gasteiger partial charge in [0.25, 0.3) is 5.82 Å². The van der Waals surface area contributed by atoms with E-state index in [0.29, 0.717) is 32.8 Å². The first-order valence-corrected chi connectivity index (χ1v) is 9.46. The van der Waals surface area contributed by atoms with Gasteiger partial charge in [-0.2, -0.15) is 4.31 Å². The second kappa shape index (κ2) is 7.47. The van der Waals surface area contributed by atoms with Gasteiger partial charge >= 0.3 is 0 Å². The summed E-state index contributed by atoms with van der Waals surface area (Å²) in [4.78, 5) is 5.19. The molecule has 1 N–H and O–H groups in total. The highest BCUT2D eigenvalue weighted by Gasteiger charge is 2.27. The Labute approximate surface area is 146 Å². The topological polar surface area (TPSA) is 64.0 Å². The summed E-state index contributed by atoms with van der Waals surface area (Å²) in [6, 6.07) is 9.62. The lowest BCUT2D eigenvalue weighted by Gasteiger charge is -2.25. The summed E-state index contributed by atoms with van der Waals surface area (Å²) in [5.41, 5.74) is 0.960. The average molecular weight is 366 g/mol. The molecular formula is C17H21FN3O3S+. The van der Waals surface area contributed by atoms with Crippen molar-refractivity contribution >= 4 is 15.8 Å². The van der Waals surface area contributed by atoms with Crippen LogP contribution in [0.5, 0.6) is 0 Å². The molecule has 2 aromatic rings. The molecule has 0 aliphatic carbocycles. The van der Waals surface area contributed by atoms with Crippen LogP contribution in [-0.2, 0) is 21.3 Å². The molecule has 0 spiro atoms. The van der Waals surface area contributed by atoms with Crippen LogP contribution >= 0.6 is 0 Å². The van der Waals surface area contributed by atoms with Gasteiger partial charge in [0.05, 0.1) is 20.3 Å². The lowest BCUT2D eigenvalue weighted by Crippen LogP contribution is -2.41. The smallest absolute Gasteiger partial charge is 0.274 e. The Balaban J connectivity index is 1.71. The first-order valence-electron chi connectivity index (χ1n) is 8.02. The molecule has 134 valence electrons. The van der Waals surface area contributed by atoms with Crippen LogP contribution < -0.4 is 9.88 Å². The predicted molar refractivity (Wildman–Crippen MR) is 91.1 cm³/mol. The predicted octanol–water partition coefficient (Wildman–Crippen LogP) is 1.30. The van der Waals surface area contributed by atoms with Gasteiger partial charge in [-0.15, -0.1) is 0 Å². The number of ether oxygens (including phenoxy) is 1. The second-order valence-corrected chi connectivity index (χ2v) is 7.85. The van der Waals surface area contributed by atoms with Crippen molar-refractivity contribution in [3.05, 3.63) is 54.0 Å². The molecule has 25 heavy (non-hydrogen) atoms. The summed E-state index contributed by atoms with van der Waals surface area (Å²) in [5.74, 6) is 0.501. The summed E-state index contributed by atoms with van der Waals surface area (Å²) >= 11 is 0. The maximum Gasteiger partial charge on any atom is 0.274 e. The average Bonchev–Trinajstić information content (AvgIpc) is 2.64. The summed E-state index contributed by atoms with van der Waals surface area (Å²) < 4.78 is 44.8. The molecule has 1 aliphatic rings. The molecule has 8 heteroatoms. The molecule has 3 rings (SSSR count). The Morgan fingerprint density at radius 2 is 1.84 bits per heavy atom. The molecule has 0 unspecified atom stereocenters. The standard InChI is InChI=1S/C17H20FN3O3S/c1-20(13-14-2-4-15(18)5-3-14)17-7-6-16(12-19-17)25(22,23)21-8-10-24-11-9-21/h2-7,12H,8-11,13H2,1H3/p+1.